The third-order valence-corrected chi connectivity index (χ3v) is 0. The van der Waals surface area contributed by atoms with Crippen LogP contribution in [0.1, 0.15) is 0 Å². The fourth-order valence-electron chi connectivity index (χ4n) is 0. The zero-order chi connectivity index (χ0) is 0. The Kier molecular flexibility index (Phi) is 4880. The van der Waals surface area contributed by atoms with Crippen LogP contribution in [0.4, 0.5) is 0 Å². The molecule has 0 unspecified atom stereocenters. The van der Waals surface area contributed by atoms with Crippen LogP contribution in [-0.4, -0.2) is 52.4 Å². The van der Waals surface area contributed by atoms with Gasteiger partial charge < -0.3 is 32.9 Å². The predicted octanol–water partition coefficient (Wildman–Crippen LogP) is -1.48. The van der Waals surface area contributed by atoms with Crippen LogP contribution in [-0.2, 0) is 67.6 Å². The van der Waals surface area contributed by atoms with Crippen molar-refractivity contribution in [3.05, 3.63) is 0 Å². The molecule has 0 fully saturated rings. The Balaban J connectivity index is 0. The summed E-state index contributed by atoms with van der Waals surface area (Å²) in [5, 5.41) is 0. The molecular weight excluding hydrogens is 618 g/mol. The summed E-state index contributed by atoms with van der Waals surface area (Å²) in [7, 11) is 0. The molecule has 0 rings (SSSR count). The maximum absolute atomic E-state index is 0. The molecule has 0 aliphatic heterocycles. The van der Waals surface area contributed by atoms with Gasteiger partial charge in [0.15, 0.2) is 0 Å². The van der Waals surface area contributed by atoms with Crippen molar-refractivity contribution in [1.29, 1.82) is 0 Å². The van der Waals surface area contributed by atoms with E-state index in [4.69, 9.17) is 0 Å². The first-order chi connectivity index (χ1) is 0. The molecular formula is Bi2Cr2O6. The molecule has 10 heavy (non-hydrogen) atoms. The summed E-state index contributed by atoms with van der Waals surface area (Å²) in [6, 6.07) is 0. The van der Waals surface area contributed by atoms with Gasteiger partial charge in [-0.15, -0.1) is 0 Å². The number of hydrogen-bond donors (Lipinski definition) is 0. The van der Waals surface area contributed by atoms with Crippen LogP contribution in [0.15, 0.2) is 0 Å². The average molecular weight is 618 g/mol. The quantitative estimate of drug-likeness (QED) is 0.289. The normalized spacial score (nSPS) is 0. The van der Waals surface area contributed by atoms with Crippen LogP contribution in [0.5, 0.6) is 0 Å². The maximum atomic E-state index is 0. The SMILES string of the molecule is [Bi+3].[Bi+3].[Cr+3].[Cr+3].[O-2].[O-2].[O-2].[O-2].[O-2].[O-2]. The zero-order valence-electron chi connectivity index (χ0n) is 4.16. The Labute approximate surface area is 118 Å². The molecule has 0 aliphatic rings. The molecule has 0 aromatic carbocycles. The van der Waals surface area contributed by atoms with Gasteiger partial charge in [0.25, 0.3) is 0 Å². The summed E-state index contributed by atoms with van der Waals surface area (Å²) >= 11 is 0. The van der Waals surface area contributed by atoms with E-state index in [-0.39, 0.29) is 120 Å². The van der Waals surface area contributed by atoms with E-state index >= 15 is 0 Å². The number of hydrogen-bond acceptors (Lipinski definition) is 0. The van der Waals surface area contributed by atoms with Crippen molar-refractivity contribution in [3.63, 3.8) is 0 Å². The van der Waals surface area contributed by atoms with Gasteiger partial charge in [-0.2, -0.15) is 0 Å². The van der Waals surface area contributed by atoms with Gasteiger partial charge in [-0.3, -0.25) is 0 Å². The third-order valence-electron chi connectivity index (χ3n) is 0. The molecule has 58 valence electrons. The summed E-state index contributed by atoms with van der Waals surface area (Å²) in [5.74, 6) is 0. The molecule has 0 aliphatic carbocycles. The molecule has 0 heterocycles. The van der Waals surface area contributed by atoms with Crippen LogP contribution >= 0.6 is 0 Å². The van der Waals surface area contributed by atoms with Crippen molar-refractivity contribution in [3.8, 4) is 0 Å². The second kappa shape index (κ2) is 194. The zero-order valence-corrected chi connectivity index (χ0v) is 13.7. The van der Waals surface area contributed by atoms with E-state index in [1.165, 1.54) is 0 Å². The Hall–Kier alpha value is 2.59. The average Bonchev–Trinajstić information content (AvgIpc) is 0. The van der Waals surface area contributed by atoms with Gasteiger partial charge in [0.2, 0.25) is 0 Å². The van der Waals surface area contributed by atoms with Gasteiger partial charge >= 0.3 is 87.1 Å². The molecule has 10 heteroatoms. The van der Waals surface area contributed by atoms with Crippen molar-refractivity contribution >= 4 is 52.4 Å². The fraction of sp³-hybridized carbons (Fsp3) is 0. The molecule has 0 amide bonds. The Bertz CT molecular complexity index is 13.7. The van der Waals surface area contributed by atoms with Crippen molar-refractivity contribution < 1.29 is 67.6 Å². The van der Waals surface area contributed by atoms with Crippen molar-refractivity contribution in [2.75, 3.05) is 0 Å². The first-order valence-electron chi connectivity index (χ1n) is 0. The topological polar surface area (TPSA) is 171 Å². The van der Waals surface area contributed by atoms with Gasteiger partial charge in [-0.25, -0.2) is 0 Å². The summed E-state index contributed by atoms with van der Waals surface area (Å²) in [5.41, 5.74) is 0. The minimum Gasteiger partial charge on any atom is -2.00 e. The first kappa shape index (κ1) is 252. The summed E-state index contributed by atoms with van der Waals surface area (Å²) in [6.45, 7) is 0. The molecule has 0 N–H and O–H groups in total. The van der Waals surface area contributed by atoms with E-state index in [9.17, 15) is 0 Å². The second-order valence-electron chi connectivity index (χ2n) is 0. The monoisotopic (exact) mass is 618 g/mol. The van der Waals surface area contributed by atoms with Crippen LogP contribution in [0.25, 0.3) is 0 Å². The van der Waals surface area contributed by atoms with Crippen molar-refractivity contribution in [2.24, 2.45) is 0 Å². The standard InChI is InChI=1S/2Bi.2Cr.6O/q4*+3;6*-2. The summed E-state index contributed by atoms with van der Waals surface area (Å²) in [4.78, 5) is 0. The second-order valence-corrected chi connectivity index (χ2v) is 0. The van der Waals surface area contributed by atoms with E-state index in [0.717, 1.165) is 0 Å². The third kappa shape index (κ3) is 145. The van der Waals surface area contributed by atoms with Gasteiger partial charge in [-0.05, 0) is 0 Å². The molecule has 0 atom stereocenters. The van der Waals surface area contributed by atoms with E-state index < -0.39 is 0 Å². The van der Waals surface area contributed by atoms with E-state index in [1.54, 1.807) is 0 Å². The fourth-order valence-corrected chi connectivity index (χ4v) is 0. The van der Waals surface area contributed by atoms with Crippen molar-refractivity contribution in [2.45, 2.75) is 0 Å². The predicted molar refractivity (Wildman–Crippen MR) is 15.6 cm³/mol. The summed E-state index contributed by atoms with van der Waals surface area (Å²) < 4.78 is 0. The van der Waals surface area contributed by atoms with Gasteiger partial charge in [0.1, 0.15) is 0 Å². The molecule has 6 radical (unpaired) electrons. The van der Waals surface area contributed by atoms with E-state index in [1.807, 2.05) is 0 Å². The van der Waals surface area contributed by atoms with E-state index in [0.29, 0.717) is 0 Å². The Morgan fingerprint density at radius 3 is 0.300 bits per heavy atom. The maximum Gasteiger partial charge on any atom is 3.00 e. The van der Waals surface area contributed by atoms with E-state index in [2.05, 4.69) is 0 Å². The molecule has 0 spiro atoms. The molecule has 0 saturated carbocycles. The molecule has 0 saturated heterocycles. The smallest absolute Gasteiger partial charge is 2.00 e. The van der Waals surface area contributed by atoms with Gasteiger partial charge in [0.05, 0.1) is 0 Å². The van der Waals surface area contributed by atoms with Gasteiger partial charge in [0, 0.05) is 0 Å². The number of rotatable bonds is 0. The van der Waals surface area contributed by atoms with Crippen LogP contribution in [0, 0.1) is 0 Å². The minimum atomic E-state index is 0. The summed E-state index contributed by atoms with van der Waals surface area (Å²) in [6.07, 6.45) is 0. The molecule has 0 aromatic heterocycles. The minimum absolute atomic E-state index is 0. The van der Waals surface area contributed by atoms with Crippen LogP contribution in [0.3, 0.4) is 0 Å². The first-order valence-corrected chi connectivity index (χ1v) is 0. The molecule has 0 aromatic rings. The molecule has 0 bridgehead atoms. The van der Waals surface area contributed by atoms with Crippen molar-refractivity contribution in [1.82, 2.24) is 0 Å². The molecule has 6 nitrogen and oxygen atoms in total. The Morgan fingerprint density at radius 2 is 0.300 bits per heavy atom. The Morgan fingerprint density at radius 1 is 0.300 bits per heavy atom. The largest absolute Gasteiger partial charge is 3.00 e. The van der Waals surface area contributed by atoms with Gasteiger partial charge in [-0.1, -0.05) is 0 Å². The van der Waals surface area contributed by atoms with Crippen LogP contribution in [0.2, 0.25) is 0 Å². The van der Waals surface area contributed by atoms with Crippen LogP contribution < -0.4 is 0 Å².